The SMILES string of the molecule is CC(=O)c1cc(C(=O)O)n(CC(C)S(C)=O)c1. The highest BCUT2D eigenvalue weighted by Gasteiger charge is 2.17. The van der Waals surface area contributed by atoms with E-state index in [2.05, 4.69) is 0 Å². The largest absolute Gasteiger partial charge is 0.477 e. The maximum absolute atomic E-state index is 11.3. The molecule has 0 spiro atoms. The molecular formula is C11H15NO4S. The van der Waals surface area contributed by atoms with Gasteiger partial charge in [0, 0.05) is 40.6 Å². The van der Waals surface area contributed by atoms with Crippen molar-refractivity contribution in [2.75, 3.05) is 6.26 Å². The van der Waals surface area contributed by atoms with Gasteiger partial charge in [-0.2, -0.15) is 0 Å². The molecule has 0 aromatic carbocycles. The zero-order valence-electron chi connectivity index (χ0n) is 9.97. The van der Waals surface area contributed by atoms with Crippen LogP contribution in [0.3, 0.4) is 0 Å². The predicted molar refractivity (Wildman–Crippen MR) is 64.9 cm³/mol. The molecule has 0 bridgehead atoms. The van der Waals surface area contributed by atoms with E-state index < -0.39 is 16.8 Å². The van der Waals surface area contributed by atoms with Gasteiger partial charge in [0.05, 0.1) is 0 Å². The van der Waals surface area contributed by atoms with Crippen LogP contribution in [0.25, 0.3) is 0 Å². The van der Waals surface area contributed by atoms with Crippen LogP contribution in [0, 0.1) is 0 Å². The van der Waals surface area contributed by atoms with Gasteiger partial charge in [-0.05, 0) is 19.9 Å². The highest BCUT2D eigenvalue weighted by Crippen LogP contribution is 2.12. The first-order valence-electron chi connectivity index (χ1n) is 5.09. The number of hydrogen-bond acceptors (Lipinski definition) is 3. The van der Waals surface area contributed by atoms with Crippen molar-refractivity contribution in [1.29, 1.82) is 0 Å². The maximum Gasteiger partial charge on any atom is 0.352 e. The molecule has 2 unspecified atom stereocenters. The van der Waals surface area contributed by atoms with Crippen LogP contribution in [0.1, 0.15) is 34.7 Å². The number of aromatic carboxylic acids is 1. The first-order chi connectivity index (χ1) is 7.82. The van der Waals surface area contributed by atoms with Crippen molar-refractivity contribution in [2.24, 2.45) is 0 Å². The first-order valence-corrected chi connectivity index (χ1v) is 6.71. The second kappa shape index (κ2) is 5.27. The lowest BCUT2D eigenvalue weighted by molar-refractivity contribution is 0.0685. The topological polar surface area (TPSA) is 76.4 Å². The van der Waals surface area contributed by atoms with Crippen LogP contribution in [0.4, 0.5) is 0 Å². The van der Waals surface area contributed by atoms with Crippen molar-refractivity contribution in [1.82, 2.24) is 4.57 Å². The number of carboxylic acid groups (broad SMARTS) is 1. The summed E-state index contributed by atoms with van der Waals surface area (Å²) in [5, 5.41) is 8.84. The fourth-order valence-electron chi connectivity index (χ4n) is 1.42. The van der Waals surface area contributed by atoms with Gasteiger partial charge in [-0.3, -0.25) is 9.00 Å². The summed E-state index contributed by atoms with van der Waals surface area (Å²) in [7, 11) is -1.03. The van der Waals surface area contributed by atoms with E-state index in [-0.39, 0.29) is 16.7 Å². The third-order valence-electron chi connectivity index (χ3n) is 2.54. The molecule has 1 N–H and O–H groups in total. The van der Waals surface area contributed by atoms with E-state index in [1.165, 1.54) is 23.8 Å². The molecule has 1 aromatic rings. The number of ketones is 1. The summed E-state index contributed by atoms with van der Waals surface area (Å²) < 4.78 is 12.7. The second-order valence-electron chi connectivity index (χ2n) is 3.94. The number of carbonyl (C=O) groups excluding carboxylic acids is 1. The summed E-state index contributed by atoms with van der Waals surface area (Å²) >= 11 is 0. The highest BCUT2D eigenvalue weighted by atomic mass is 32.2. The van der Waals surface area contributed by atoms with E-state index in [4.69, 9.17) is 5.11 Å². The van der Waals surface area contributed by atoms with Crippen molar-refractivity contribution >= 4 is 22.6 Å². The minimum Gasteiger partial charge on any atom is -0.477 e. The number of Topliss-reactive ketones (excluding diaryl/α,β-unsaturated/α-hetero) is 1. The van der Waals surface area contributed by atoms with Gasteiger partial charge < -0.3 is 9.67 Å². The van der Waals surface area contributed by atoms with E-state index in [9.17, 15) is 13.8 Å². The molecule has 0 aliphatic rings. The minimum absolute atomic E-state index is 0.0486. The van der Waals surface area contributed by atoms with Gasteiger partial charge in [0.15, 0.2) is 5.78 Å². The molecule has 5 nitrogen and oxygen atoms in total. The fraction of sp³-hybridized carbons (Fsp3) is 0.455. The Hall–Kier alpha value is -1.43. The van der Waals surface area contributed by atoms with E-state index in [0.717, 1.165) is 0 Å². The molecule has 1 heterocycles. The van der Waals surface area contributed by atoms with Crippen molar-refractivity contribution in [3.8, 4) is 0 Å². The number of carbonyl (C=O) groups is 2. The number of carboxylic acids is 1. The number of rotatable bonds is 5. The number of hydrogen-bond donors (Lipinski definition) is 1. The average Bonchev–Trinajstić information content (AvgIpc) is 2.61. The van der Waals surface area contributed by atoms with Crippen LogP contribution in [-0.2, 0) is 17.3 Å². The molecule has 0 amide bonds. The normalized spacial score (nSPS) is 14.3. The molecular weight excluding hydrogens is 242 g/mol. The summed E-state index contributed by atoms with van der Waals surface area (Å²) in [6.07, 6.45) is 3.07. The molecule has 1 aromatic heterocycles. The Balaban J connectivity index is 3.08. The third-order valence-corrected chi connectivity index (χ3v) is 3.83. The van der Waals surface area contributed by atoms with Gasteiger partial charge in [0.25, 0.3) is 0 Å². The van der Waals surface area contributed by atoms with E-state index in [1.807, 2.05) is 0 Å². The molecule has 6 heteroatoms. The Labute approximate surface area is 102 Å². The lowest BCUT2D eigenvalue weighted by Gasteiger charge is -2.11. The Kier molecular flexibility index (Phi) is 4.22. The van der Waals surface area contributed by atoms with E-state index in [1.54, 1.807) is 13.2 Å². The second-order valence-corrected chi connectivity index (χ2v) is 5.74. The molecule has 1 rings (SSSR count). The molecule has 0 radical (unpaired) electrons. The van der Waals surface area contributed by atoms with Gasteiger partial charge in [0.1, 0.15) is 5.69 Å². The van der Waals surface area contributed by atoms with Gasteiger partial charge in [-0.15, -0.1) is 0 Å². The molecule has 0 saturated carbocycles. The number of aromatic nitrogens is 1. The maximum atomic E-state index is 11.3. The van der Waals surface area contributed by atoms with Crippen molar-refractivity contribution in [3.05, 3.63) is 23.5 Å². The van der Waals surface area contributed by atoms with Crippen molar-refractivity contribution in [2.45, 2.75) is 25.6 Å². The molecule has 2 atom stereocenters. The van der Waals surface area contributed by atoms with Gasteiger partial charge in [-0.25, -0.2) is 4.79 Å². The Morgan fingerprint density at radius 1 is 1.53 bits per heavy atom. The zero-order chi connectivity index (χ0) is 13.2. The lowest BCUT2D eigenvalue weighted by Crippen LogP contribution is -2.19. The van der Waals surface area contributed by atoms with Crippen LogP contribution in [0.5, 0.6) is 0 Å². The van der Waals surface area contributed by atoms with E-state index in [0.29, 0.717) is 12.1 Å². The predicted octanol–water partition coefficient (Wildman–Crippen LogP) is 1.16. The van der Waals surface area contributed by atoms with Crippen LogP contribution < -0.4 is 0 Å². The van der Waals surface area contributed by atoms with Crippen LogP contribution in [0.2, 0.25) is 0 Å². The quantitative estimate of drug-likeness (QED) is 0.803. The first kappa shape index (κ1) is 13.6. The van der Waals surface area contributed by atoms with Crippen LogP contribution >= 0.6 is 0 Å². The van der Waals surface area contributed by atoms with Gasteiger partial charge in [-0.1, -0.05) is 0 Å². The summed E-state index contributed by atoms with van der Waals surface area (Å²) in [6.45, 7) is 3.47. The minimum atomic E-state index is -1.09. The molecule has 0 aliphatic heterocycles. The molecule has 94 valence electrons. The fourth-order valence-corrected chi connectivity index (χ4v) is 1.79. The average molecular weight is 257 g/mol. The Bertz CT molecular complexity index is 478. The van der Waals surface area contributed by atoms with Gasteiger partial charge in [0.2, 0.25) is 0 Å². The summed E-state index contributed by atoms with van der Waals surface area (Å²) in [6, 6.07) is 1.34. The van der Waals surface area contributed by atoms with E-state index >= 15 is 0 Å². The number of nitrogens with zero attached hydrogens (tertiary/aromatic N) is 1. The Morgan fingerprint density at radius 3 is 2.53 bits per heavy atom. The lowest BCUT2D eigenvalue weighted by atomic mass is 10.2. The molecule has 0 fully saturated rings. The monoisotopic (exact) mass is 257 g/mol. The van der Waals surface area contributed by atoms with Crippen LogP contribution in [-0.4, -0.2) is 37.1 Å². The molecule has 0 aliphatic carbocycles. The third kappa shape index (κ3) is 3.26. The standard InChI is InChI=1S/C11H15NO4S/c1-7(17(3)16)5-12-6-9(8(2)13)4-10(12)11(14)15/h4,6-7H,5H2,1-3H3,(H,14,15). The highest BCUT2D eigenvalue weighted by molar-refractivity contribution is 7.84. The smallest absolute Gasteiger partial charge is 0.352 e. The van der Waals surface area contributed by atoms with Crippen molar-refractivity contribution < 1.29 is 18.9 Å². The molecule has 17 heavy (non-hydrogen) atoms. The Morgan fingerprint density at radius 2 is 2.12 bits per heavy atom. The zero-order valence-corrected chi connectivity index (χ0v) is 10.8. The summed E-state index contributed by atoms with van der Waals surface area (Å²) in [4.78, 5) is 22.2. The molecule has 0 saturated heterocycles. The van der Waals surface area contributed by atoms with Gasteiger partial charge >= 0.3 is 5.97 Å². The summed E-state index contributed by atoms with van der Waals surface area (Å²) in [5.41, 5.74) is 0.406. The summed E-state index contributed by atoms with van der Waals surface area (Å²) in [5.74, 6) is -1.27. The van der Waals surface area contributed by atoms with Crippen molar-refractivity contribution in [3.63, 3.8) is 0 Å². The van der Waals surface area contributed by atoms with Crippen LogP contribution in [0.15, 0.2) is 12.3 Å².